The Labute approximate surface area is 113 Å². The third-order valence-corrected chi connectivity index (χ3v) is 3.72. The summed E-state index contributed by atoms with van der Waals surface area (Å²) >= 11 is 0. The molecule has 1 aliphatic carbocycles. The van der Waals surface area contributed by atoms with Crippen LogP contribution in [-0.2, 0) is 0 Å². The zero-order valence-electron chi connectivity index (χ0n) is 10.6. The lowest BCUT2D eigenvalue weighted by molar-refractivity contribution is -0.0398. The van der Waals surface area contributed by atoms with E-state index < -0.39 is 11.9 Å². The highest BCUT2D eigenvalue weighted by molar-refractivity contribution is 5.91. The normalized spacial score (nSPS) is 19.3. The Hall–Kier alpha value is -1.98. The number of rotatable bonds is 2. The van der Waals surface area contributed by atoms with E-state index in [2.05, 4.69) is 4.98 Å². The van der Waals surface area contributed by atoms with Crippen LogP contribution in [0, 0.1) is 0 Å². The predicted octanol–water partition coefficient (Wildman–Crippen LogP) is 3.82. The molecular formula is C14H13F2NO3. The lowest BCUT2D eigenvalue weighted by Crippen LogP contribution is -2.23. The molecular weight excluding hydrogens is 268 g/mol. The Bertz CT molecular complexity index is 655. The molecule has 0 aliphatic heterocycles. The lowest BCUT2D eigenvalue weighted by Gasteiger charge is -2.26. The van der Waals surface area contributed by atoms with Crippen LogP contribution >= 0.6 is 0 Å². The summed E-state index contributed by atoms with van der Waals surface area (Å²) in [6, 6.07) is 4.43. The first-order chi connectivity index (χ1) is 9.44. The summed E-state index contributed by atoms with van der Waals surface area (Å²) in [5.74, 6) is -3.31. The van der Waals surface area contributed by atoms with Crippen molar-refractivity contribution in [1.29, 1.82) is 0 Å². The molecule has 4 nitrogen and oxygen atoms in total. The molecule has 0 unspecified atom stereocenters. The zero-order valence-corrected chi connectivity index (χ0v) is 10.6. The van der Waals surface area contributed by atoms with Gasteiger partial charge in [-0.3, -0.25) is 0 Å². The molecule has 20 heavy (non-hydrogen) atoms. The van der Waals surface area contributed by atoms with Crippen molar-refractivity contribution < 1.29 is 23.1 Å². The van der Waals surface area contributed by atoms with Crippen molar-refractivity contribution in [3.05, 3.63) is 29.7 Å². The van der Waals surface area contributed by atoms with E-state index in [1.54, 1.807) is 6.07 Å². The highest BCUT2D eigenvalue weighted by Gasteiger charge is 2.37. The first kappa shape index (κ1) is 13.0. The molecule has 0 saturated heterocycles. The van der Waals surface area contributed by atoms with Crippen LogP contribution < -0.4 is 0 Å². The second-order valence-corrected chi connectivity index (χ2v) is 5.17. The van der Waals surface area contributed by atoms with E-state index in [9.17, 15) is 13.6 Å². The number of nitrogens with zero attached hydrogens (tertiary/aromatic N) is 1. The molecule has 1 aliphatic rings. The van der Waals surface area contributed by atoms with Gasteiger partial charge in [0.05, 0.1) is 5.56 Å². The number of carboxylic acids is 1. The number of hydrogen-bond donors (Lipinski definition) is 1. The Balaban J connectivity index is 1.88. The average molecular weight is 281 g/mol. The first-order valence-corrected chi connectivity index (χ1v) is 6.46. The molecule has 106 valence electrons. The van der Waals surface area contributed by atoms with Crippen molar-refractivity contribution >= 4 is 17.1 Å². The van der Waals surface area contributed by atoms with Gasteiger partial charge in [-0.25, -0.2) is 18.6 Å². The average Bonchev–Trinajstić information content (AvgIpc) is 2.81. The highest BCUT2D eigenvalue weighted by Crippen LogP contribution is 2.41. The Morgan fingerprint density at radius 1 is 1.35 bits per heavy atom. The molecule has 1 aromatic heterocycles. The van der Waals surface area contributed by atoms with Gasteiger partial charge < -0.3 is 9.52 Å². The van der Waals surface area contributed by atoms with E-state index in [0.29, 0.717) is 29.8 Å². The summed E-state index contributed by atoms with van der Waals surface area (Å²) < 4.78 is 31.8. The molecule has 1 saturated carbocycles. The van der Waals surface area contributed by atoms with Gasteiger partial charge in [0.25, 0.3) is 0 Å². The van der Waals surface area contributed by atoms with Crippen LogP contribution in [0.4, 0.5) is 8.78 Å². The Kier molecular flexibility index (Phi) is 2.96. The van der Waals surface area contributed by atoms with E-state index in [-0.39, 0.29) is 24.3 Å². The molecule has 1 N–H and O–H groups in total. The summed E-state index contributed by atoms with van der Waals surface area (Å²) in [5.41, 5.74) is 1.06. The summed E-state index contributed by atoms with van der Waals surface area (Å²) in [6.07, 6.45) is 0.366. The van der Waals surface area contributed by atoms with Gasteiger partial charge in [-0.15, -0.1) is 0 Å². The van der Waals surface area contributed by atoms with Crippen molar-refractivity contribution in [3.8, 4) is 0 Å². The maximum atomic E-state index is 13.1. The van der Waals surface area contributed by atoms with Crippen LogP contribution in [0.25, 0.3) is 11.1 Å². The van der Waals surface area contributed by atoms with Crippen LogP contribution in [0.5, 0.6) is 0 Å². The number of aromatic carboxylic acids is 1. The fraction of sp³-hybridized carbons (Fsp3) is 0.429. The first-order valence-electron chi connectivity index (χ1n) is 6.46. The summed E-state index contributed by atoms with van der Waals surface area (Å²) in [4.78, 5) is 15.2. The fourth-order valence-electron chi connectivity index (χ4n) is 2.54. The number of alkyl halides is 2. The predicted molar refractivity (Wildman–Crippen MR) is 67.1 cm³/mol. The van der Waals surface area contributed by atoms with Gasteiger partial charge in [0.2, 0.25) is 5.92 Å². The van der Waals surface area contributed by atoms with Gasteiger partial charge in [-0.05, 0) is 31.0 Å². The molecule has 0 atom stereocenters. The van der Waals surface area contributed by atoms with Crippen molar-refractivity contribution in [2.45, 2.75) is 37.5 Å². The number of halogens is 2. The molecule has 2 aromatic rings. The minimum Gasteiger partial charge on any atom is -0.478 e. The highest BCUT2D eigenvalue weighted by atomic mass is 19.3. The van der Waals surface area contributed by atoms with Gasteiger partial charge in [-0.1, -0.05) is 0 Å². The number of carbonyl (C=O) groups is 1. The van der Waals surface area contributed by atoms with Crippen LogP contribution in [0.1, 0.15) is 47.8 Å². The topological polar surface area (TPSA) is 63.3 Å². The van der Waals surface area contributed by atoms with Crippen LogP contribution in [0.3, 0.4) is 0 Å². The number of oxazole rings is 1. The number of hydrogen-bond acceptors (Lipinski definition) is 3. The number of benzene rings is 1. The maximum absolute atomic E-state index is 13.1. The maximum Gasteiger partial charge on any atom is 0.335 e. The molecule has 3 rings (SSSR count). The minimum atomic E-state index is -2.58. The number of fused-ring (bicyclic) bond motifs is 1. The third kappa shape index (κ3) is 2.37. The second kappa shape index (κ2) is 4.54. The van der Waals surface area contributed by atoms with Gasteiger partial charge in [0.1, 0.15) is 5.52 Å². The molecule has 1 fully saturated rings. The Morgan fingerprint density at radius 3 is 2.70 bits per heavy atom. The quantitative estimate of drug-likeness (QED) is 0.908. The number of carboxylic acid groups (broad SMARTS) is 1. The van der Waals surface area contributed by atoms with Gasteiger partial charge in [-0.2, -0.15) is 0 Å². The molecule has 0 amide bonds. The van der Waals surface area contributed by atoms with Gasteiger partial charge in [0.15, 0.2) is 11.5 Å². The van der Waals surface area contributed by atoms with E-state index in [1.807, 2.05) is 0 Å². The third-order valence-electron chi connectivity index (χ3n) is 3.72. The molecule has 0 bridgehead atoms. The van der Waals surface area contributed by atoms with Crippen molar-refractivity contribution in [2.75, 3.05) is 0 Å². The van der Waals surface area contributed by atoms with Crippen molar-refractivity contribution in [3.63, 3.8) is 0 Å². The molecule has 1 heterocycles. The number of aromatic nitrogens is 1. The van der Waals surface area contributed by atoms with Crippen LogP contribution in [-0.4, -0.2) is 22.0 Å². The SMILES string of the molecule is O=C(O)c1ccc2nc(C3CCC(F)(F)CC3)oc2c1. The summed E-state index contributed by atoms with van der Waals surface area (Å²) in [7, 11) is 0. The molecule has 1 aromatic carbocycles. The van der Waals surface area contributed by atoms with Gasteiger partial charge in [0, 0.05) is 18.8 Å². The standard InChI is InChI=1S/C14H13F2NO3/c15-14(16)5-3-8(4-6-14)12-17-10-2-1-9(13(18)19)7-11(10)20-12/h1-2,7-8H,3-6H2,(H,18,19). The Morgan fingerprint density at radius 2 is 2.05 bits per heavy atom. The van der Waals surface area contributed by atoms with Crippen LogP contribution in [0.2, 0.25) is 0 Å². The van der Waals surface area contributed by atoms with Crippen molar-refractivity contribution in [1.82, 2.24) is 4.98 Å². The van der Waals surface area contributed by atoms with E-state index in [1.165, 1.54) is 12.1 Å². The molecule has 0 spiro atoms. The zero-order chi connectivity index (χ0) is 14.3. The van der Waals surface area contributed by atoms with Gasteiger partial charge >= 0.3 is 5.97 Å². The van der Waals surface area contributed by atoms with Crippen LogP contribution in [0.15, 0.2) is 22.6 Å². The summed E-state index contributed by atoms with van der Waals surface area (Å²) in [5, 5.41) is 8.91. The van der Waals surface area contributed by atoms with E-state index >= 15 is 0 Å². The summed E-state index contributed by atoms with van der Waals surface area (Å²) in [6.45, 7) is 0. The lowest BCUT2D eigenvalue weighted by atomic mass is 9.87. The smallest absolute Gasteiger partial charge is 0.335 e. The van der Waals surface area contributed by atoms with E-state index in [4.69, 9.17) is 9.52 Å². The molecule has 0 radical (unpaired) electrons. The fourth-order valence-corrected chi connectivity index (χ4v) is 2.54. The van der Waals surface area contributed by atoms with E-state index in [0.717, 1.165) is 0 Å². The van der Waals surface area contributed by atoms with Crippen molar-refractivity contribution in [2.24, 2.45) is 0 Å². The second-order valence-electron chi connectivity index (χ2n) is 5.17. The monoisotopic (exact) mass is 281 g/mol. The minimum absolute atomic E-state index is 0.115. The largest absolute Gasteiger partial charge is 0.478 e. The molecule has 6 heteroatoms.